The Morgan fingerprint density at radius 2 is 2.07 bits per heavy atom. The van der Waals surface area contributed by atoms with E-state index in [0.717, 1.165) is 11.8 Å². The normalized spacial score (nSPS) is 11.7. The quantitative estimate of drug-likeness (QED) is 0.274. The first kappa shape index (κ1) is 12.0. The summed E-state index contributed by atoms with van der Waals surface area (Å²) >= 11 is 2.05. The van der Waals surface area contributed by atoms with Gasteiger partial charge >= 0.3 is 0 Å². The molecule has 0 spiro atoms. The number of allylic oxidation sites excluding steroid dienone is 2. The molecule has 78 valence electrons. The zero-order chi connectivity index (χ0) is 10.9. The molecule has 0 amide bonds. The number of ether oxygens (including phenoxy) is 1. The summed E-state index contributed by atoms with van der Waals surface area (Å²) in [6, 6.07) is 9.81. The molecule has 0 saturated carbocycles. The number of hydrogen-bond acceptors (Lipinski definition) is 2. The van der Waals surface area contributed by atoms with Crippen LogP contribution in [0.15, 0.2) is 52.3 Å². The van der Waals surface area contributed by atoms with Gasteiger partial charge in [0.2, 0.25) is 0 Å². The highest BCUT2D eigenvalue weighted by Gasteiger charge is 1.91. The minimum Gasteiger partial charge on any atom is -0.496 e. The molecule has 0 bridgehead atoms. The number of rotatable bonds is 5. The molecule has 0 unspecified atom stereocenters. The van der Waals surface area contributed by atoms with Gasteiger partial charge in [0, 0.05) is 5.57 Å². The van der Waals surface area contributed by atoms with Crippen LogP contribution in [0, 0.1) is 0 Å². The van der Waals surface area contributed by atoms with Crippen molar-refractivity contribution in [2.75, 3.05) is 0 Å². The number of carbonyl (C=O) groups excluding carboxylic acids is 1. The largest absolute Gasteiger partial charge is 0.496 e. The lowest BCUT2D eigenvalue weighted by atomic mass is 10.2. The van der Waals surface area contributed by atoms with Gasteiger partial charge in [0.25, 0.3) is 0 Å². The zero-order valence-corrected chi connectivity index (χ0v) is 10.3. The van der Waals surface area contributed by atoms with Gasteiger partial charge in [-0.1, -0.05) is 52.9 Å². The van der Waals surface area contributed by atoms with Crippen LogP contribution in [0.2, 0.25) is 0 Å². The van der Waals surface area contributed by atoms with Crippen LogP contribution in [0.1, 0.15) is 5.56 Å². The van der Waals surface area contributed by atoms with Crippen molar-refractivity contribution < 1.29 is 9.53 Å². The average Bonchev–Trinajstić information content (AvgIpc) is 2.29. The van der Waals surface area contributed by atoms with E-state index < -0.39 is 0 Å². The number of aldehydes is 1. The molecule has 0 aromatic heterocycles. The van der Waals surface area contributed by atoms with E-state index in [0.29, 0.717) is 12.2 Å². The van der Waals surface area contributed by atoms with E-state index in [2.05, 4.69) is 22.6 Å². The smallest absolute Gasteiger partial charge is 0.153 e. The van der Waals surface area contributed by atoms with Crippen LogP contribution in [0.4, 0.5) is 0 Å². The fraction of sp³-hybridized carbons (Fsp3) is 0.0833. The molecule has 1 rings (SSSR count). The van der Waals surface area contributed by atoms with Crippen molar-refractivity contribution in [1.82, 2.24) is 0 Å². The first-order valence-electron chi connectivity index (χ1n) is 4.44. The van der Waals surface area contributed by atoms with Crippen LogP contribution in [-0.4, -0.2) is 6.29 Å². The van der Waals surface area contributed by atoms with Crippen molar-refractivity contribution in [1.29, 1.82) is 0 Å². The molecule has 1 aromatic rings. The van der Waals surface area contributed by atoms with Gasteiger partial charge in [0.15, 0.2) is 6.29 Å². The molecule has 0 fully saturated rings. The van der Waals surface area contributed by atoms with Gasteiger partial charge in [-0.05, 0) is 15.7 Å². The van der Waals surface area contributed by atoms with Crippen molar-refractivity contribution in [2.24, 2.45) is 0 Å². The molecule has 2 nitrogen and oxygen atoms in total. The Bertz CT molecular complexity index is 355. The molecule has 0 aliphatic heterocycles. The Balaban J connectivity index is 2.47. The minimum absolute atomic E-state index is 0.479. The monoisotopic (exact) mass is 314 g/mol. The second-order valence-electron chi connectivity index (χ2n) is 2.82. The molecule has 0 aliphatic carbocycles. The third-order valence-electron chi connectivity index (χ3n) is 1.70. The standard InChI is InChI=1S/C12H11IO2/c13-7-6-12(8-14)10-15-9-11-4-2-1-3-5-11/h1-8,10H,9H2/b7-6+,12-10-. The summed E-state index contributed by atoms with van der Waals surface area (Å²) in [5.41, 5.74) is 1.61. The van der Waals surface area contributed by atoms with Crippen molar-refractivity contribution in [3.63, 3.8) is 0 Å². The Hall–Kier alpha value is -1.10. The summed E-state index contributed by atoms with van der Waals surface area (Å²) in [6.45, 7) is 0.479. The fourth-order valence-corrected chi connectivity index (χ4v) is 1.40. The summed E-state index contributed by atoms with van der Waals surface area (Å²) in [7, 11) is 0. The zero-order valence-electron chi connectivity index (χ0n) is 8.10. The predicted molar refractivity (Wildman–Crippen MR) is 68.5 cm³/mol. The molecule has 0 heterocycles. The third-order valence-corrected chi connectivity index (χ3v) is 2.06. The van der Waals surface area contributed by atoms with E-state index in [1.165, 1.54) is 6.26 Å². The van der Waals surface area contributed by atoms with Gasteiger partial charge in [-0.3, -0.25) is 4.79 Å². The van der Waals surface area contributed by atoms with E-state index in [-0.39, 0.29) is 0 Å². The van der Waals surface area contributed by atoms with Crippen LogP contribution in [0.5, 0.6) is 0 Å². The lowest BCUT2D eigenvalue weighted by molar-refractivity contribution is -0.104. The number of carbonyl (C=O) groups is 1. The predicted octanol–water partition coefficient (Wildman–Crippen LogP) is 3.23. The molecule has 0 atom stereocenters. The van der Waals surface area contributed by atoms with Gasteiger partial charge in [0.1, 0.15) is 6.61 Å². The van der Waals surface area contributed by atoms with E-state index in [1.54, 1.807) is 10.2 Å². The number of halogens is 1. The fourth-order valence-electron chi connectivity index (χ4n) is 0.987. The number of hydrogen-bond donors (Lipinski definition) is 0. The van der Waals surface area contributed by atoms with E-state index in [1.807, 2.05) is 30.3 Å². The van der Waals surface area contributed by atoms with Crippen LogP contribution < -0.4 is 0 Å². The van der Waals surface area contributed by atoms with Gasteiger partial charge in [-0.2, -0.15) is 0 Å². The molecule has 15 heavy (non-hydrogen) atoms. The highest BCUT2D eigenvalue weighted by molar-refractivity contribution is 14.1. The topological polar surface area (TPSA) is 26.3 Å². The molecular formula is C12H11IO2. The highest BCUT2D eigenvalue weighted by Crippen LogP contribution is 2.03. The summed E-state index contributed by atoms with van der Waals surface area (Å²) < 4.78 is 7.05. The summed E-state index contributed by atoms with van der Waals surface area (Å²) in [5.74, 6) is 0. The maximum Gasteiger partial charge on any atom is 0.153 e. The SMILES string of the molecule is O=CC(=C\OCc1ccccc1)/C=C/I. The lowest BCUT2D eigenvalue weighted by Crippen LogP contribution is -1.88. The molecule has 1 aromatic carbocycles. The van der Waals surface area contributed by atoms with Crippen LogP contribution in [-0.2, 0) is 16.1 Å². The second-order valence-corrected chi connectivity index (χ2v) is 3.54. The maximum atomic E-state index is 10.5. The Morgan fingerprint density at radius 1 is 1.33 bits per heavy atom. The molecule has 3 heteroatoms. The van der Waals surface area contributed by atoms with E-state index in [4.69, 9.17) is 4.74 Å². The highest BCUT2D eigenvalue weighted by atomic mass is 127. The molecule has 0 saturated heterocycles. The summed E-state index contributed by atoms with van der Waals surface area (Å²) in [5, 5.41) is 0. The van der Waals surface area contributed by atoms with E-state index >= 15 is 0 Å². The second kappa shape index (κ2) is 7.23. The van der Waals surface area contributed by atoms with Crippen molar-refractivity contribution >= 4 is 28.9 Å². The van der Waals surface area contributed by atoms with Crippen molar-refractivity contribution in [2.45, 2.75) is 6.61 Å². The van der Waals surface area contributed by atoms with Crippen molar-refractivity contribution in [3.8, 4) is 0 Å². The van der Waals surface area contributed by atoms with Gasteiger partial charge in [-0.25, -0.2) is 0 Å². The Kier molecular flexibility index (Phi) is 5.77. The Labute approximate surface area is 103 Å². The lowest BCUT2D eigenvalue weighted by Gasteiger charge is -2.00. The number of benzene rings is 1. The summed E-state index contributed by atoms with van der Waals surface area (Å²) in [4.78, 5) is 10.5. The molecular weight excluding hydrogens is 303 g/mol. The van der Waals surface area contributed by atoms with Crippen LogP contribution >= 0.6 is 22.6 Å². The van der Waals surface area contributed by atoms with Gasteiger partial charge < -0.3 is 4.74 Å². The van der Waals surface area contributed by atoms with Gasteiger partial charge in [-0.15, -0.1) is 0 Å². The molecule has 0 N–H and O–H groups in total. The van der Waals surface area contributed by atoms with Crippen molar-refractivity contribution in [3.05, 3.63) is 57.9 Å². The minimum atomic E-state index is 0.479. The first-order chi connectivity index (χ1) is 7.36. The first-order valence-corrected chi connectivity index (χ1v) is 5.69. The Morgan fingerprint density at radius 3 is 2.67 bits per heavy atom. The van der Waals surface area contributed by atoms with Crippen LogP contribution in [0.25, 0.3) is 0 Å². The van der Waals surface area contributed by atoms with Gasteiger partial charge in [0.05, 0.1) is 6.26 Å². The maximum absolute atomic E-state index is 10.5. The van der Waals surface area contributed by atoms with E-state index in [9.17, 15) is 4.79 Å². The summed E-state index contributed by atoms with van der Waals surface area (Å²) in [6.07, 6.45) is 3.92. The molecule has 0 aliphatic rings. The van der Waals surface area contributed by atoms with Crippen LogP contribution in [0.3, 0.4) is 0 Å². The third kappa shape index (κ3) is 4.78. The average molecular weight is 314 g/mol. The molecule has 0 radical (unpaired) electrons.